The van der Waals surface area contributed by atoms with Crippen LogP contribution in [0.5, 0.6) is 11.5 Å². The molecule has 1 saturated heterocycles. The summed E-state index contributed by atoms with van der Waals surface area (Å²) < 4.78 is 16.6. The first-order valence-corrected chi connectivity index (χ1v) is 11.1. The lowest BCUT2D eigenvalue weighted by Gasteiger charge is -2.28. The molecule has 31 heavy (non-hydrogen) atoms. The van der Waals surface area contributed by atoms with Gasteiger partial charge in [0.25, 0.3) is 5.89 Å². The monoisotopic (exact) mass is 424 g/mol. The summed E-state index contributed by atoms with van der Waals surface area (Å²) in [5.74, 6) is 3.13. The molecule has 0 radical (unpaired) electrons. The van der Waals surface area contributed by atoms with Crippen LogP contribution in [0, 0.1) is 0 Å². The zero-order chi connectivity index (χ0) is 21.5. The molecule has 0 unspecified atom stereocenters. The first-order chi connectivity index (χ1) is 15.2. The summed E-state index contributed by atoms with van der Waals surface area (Å²) in [7, 11) is 1.67. The SMILES string of the molecule is CCc1ccc(-c2noc(C[NH+]3CC[NH+](CCOc4ccc(OC)cc4)CC3)n2)cc1. The minimum Gasteiger partial charge on any atom is -0.497 e. The smallest absolute Gasteiger partial charge is 0.282 e. The van der Waals surface area contributed by atoms with Crippen LogP contribution in [0.3, 0.4) is 0 Å². The Kier molecular flexibility index (Phi) is 7.17. The predicted molar refractivity (Wildman–Crippen MR) is 118 cm³/mol. The van der Waals surface area contributed by atoms with Gasteiger partial charge in [0.05, 0.1) is 7.11 Å². The van der Waals surface area contributed by atoms with E-state index in [0.717, 1.165) is 75.2 Å². The van der Waals surface area contributed by atoms with E-state index in [4.69, 9.17) is 14.0 Å². The number of ether oxygens (including phenoxy) is 2. The fourth-order valence-electron chi connectivity index (χ4n) is 3.92. The van der Waals surface area contributed by atoms with Crippen LogP contribution in [0.2, 0.25) is 0 Å². The van der Waals surface area contributed by atoms with Crippen molar-refractivity contribution < 1.29 is 23.8 Å². The molecule has 2 N–H and O–H groups in total. The molecule has 4 rings (SSSR count). The van der Waals surface area contributed by atoms with Gasteiger partial charge in [-0.2, -0.15) is 4.98 Å². The molecule has 0 saturated carbocycles. The highest BCUT2D eigenvalue weighted by Gasteiger charge is 2.25. The van der Waals surface area contributed by atoms with Crippen LogP contribution in [0.15, 0.2) is 53.1 Å². The number of benzene rings is 2. The zero-order valence-corrected chi connectivity index (χ0v) is 18.4. The lowest BCUT2D eigenvalue weighted by atomic mass is 10.1. The van der Waals surface area contributed by atoms with E-state index in [1.165, 1.54) is 10.5 Å². The molecule has 7 heteroatoms. The molecule has 2 aromatic carbocycles. The summed E-state index contributed by atoms with van der Waals surface area (Å²) in [5, 5.41) is 4.17. The quantitative estimate of drug-likeness (QED) is 0.529. The van der Waals surface area contributed by atoms with Crippen molar-refractivity contribution in [3.05, 3.63) is 60.0 Å². The number of hydrogen-bond acceptors (Lipinski definition) is 5. The third-order valence-electron chi connectivity index (χ3n) is 5.94. The fraction of sp³-hybridized carbons (Fsp3) is 0.417. The number of aromatic nitrogens is 2. The Morgan fingerprint density at radius 2 is 1.58 bits per heavy atom. The van der Waals surface area contributed by atoms with Gasteiger partial charge in [0.1, 0.15) is 50.8 Å². The highest BCUT2D eigenvalue weighted by Crippen LogP contribution is 2.17. The molecule has 1 aromatic heterocycles. The summed E-state index contributed by atoms with van der Waals surface area (Å²) in [6, 6.07) is 16.1. The summed E-state index contributed by atoms with van der Waals surface area (Å²) >= 11 is 0. The molecule has 7 nitrogen and oxygen atoms in total. The van der Waals surface area contributed by atoms with Gasteiger partial charge in [-0.3, -0.25) is 0 Å². The van der Waals surface area contributed by atoms with Crippen molar-refractivity contribution in [1.82, 2.24) is 10.1 Å². The van der Waals surface area contributed by atoms with E-state index in [1.54, 1.807) is 12.0 Å². The van der Waals surface area contributed by atoms with Crippen molar-refractivity contribution in [2.75, 3.05) is 46.4 Å². The number of piperazine rings is 1. The molecule has 1 fully saturated rings. The van der Waals surface area contributed by atoms with Crippen LogP contribution in [-0.4, -0.2) is 56.6 Å². The van der Waals surface area contributed by atoms with Gasteiger partial charge in [-0.25, -0.2) is 0 Å². The molecule has 0 atom stereocenters. The molecule has 3 aromatic rings. The highest BCUT2D eigenvalue weighted by atomic mass is 16.5. The Morgan fingerprint density at radius 1 is 0.903 bits per heavy atom. The van der Waals surface area contributed by atoms with E-state index in [1.807, 2.05) is 24.3 Å². The molecule has 1 aliphatic heterocycles. The first-order valence-electron chi connectivity index (χ1n) is 11.1. The van der Waals surface area contributed by atoms with Crippen molar-refractivity contribution in [2.45, 2.75) is 19.9 Å². The Balaban J connectivity index is 1.19. The number of nitrogens with one attached hydrogen (secondary N) is 2. The van der Waals surface area contributed by atoms with Crippen LogP contribution in [0.25, 0.3) is 11.4 Å². The van der Waals surface area contributed by atoms with Crippen molar-refractivity contribution in [3.63, 3.8) is 0 Å². The summed E-state index contributed by atoms with van der Waals surface area (Å²) in [6.45, 7) is 9.12. The lowest BCUT2D eigenvalue weighted by Crippen LogP contribution is -3.27. The lowest BCUT2D eigenvalue weighted by molar-refractivity contribution is -1.02. The standard InChI is InChI=1S/C24H30N4O3/c1-3-19-4-6-20(7-5-19)24-25-23(31-26-24)18-28-14-12-27(13-15-28)16-17-30-22-10-8-21(29-2)9-11-22/h4-11H,3,12-18H2,1-2H3/p+2. The first kappa shape index (κ1) is 21.3. The maximum atomic E-state index is 5.87. The van der Waals surface area contributed by atoms with E-state index >= 15 is 0 Å². The second-order valence-corrected chi connectivity index (χ2v) is 8.01. The van der Waals surface area contributed by atoms with Crippen LogP contribution in [0.4, 0.5) is 0 Å². The molecule has 0 bridgehead atoms. The van der Waals surface area contributed by atoms with Crippen molar-refractivity contribution >= 4 is 0 Å². The molecule has 0 aliphatic carbocycles. The maximum absolute atomic E-state index is 5.87. The molecular formula is C24H32N4O3+2. The molecule has 164 valence electrons. The maximum Gasteiger partial charge on any atom is 0.282 e. The zero-order valence-electron chi connectivity index (χ0n) is 18.4. The van der Waals surface area contributed by atoms with Crippen LogP contribution in [0.1, 0.15) is 18.4 Å². The largest absolute Gasteiger partial charge is 0.497 e. The van der Waals surface area contributed by atoms with Gasteiger partial charge in [0.2, 0.25) is 5.82 Å². The minimum absolute atomic E-state index is 0.678. The Labute approximate surface area is 183 Å². The van der Waals surface area contributed by atoms with Gasteiger partial charge in [-0.15, -0.1) is 0 Å². The second kappa shape index (κ2) is 10.4. The average molecular weight is 425 g/mol. The van der Waals surface area contributed by atoms with Gasteiger partial charge in [-0.1, -0.05) is 36.3 Å². The average Bonchev–Trinajstić information content (AvgIpc) is 3.29. The van der Waals surface area contributed by atoms with Crippen LogP contribution >= 0.6 is 0 Å². The highest BCUT2D eigenvalue weighted by molar-refractivity contribution is 5.54. The fourth-order valence-corrected chi connectivity index (χ4v) is 3.92. The number of quaternary nitrogens is 2. The van der Waals surface area contributed by atoms with Gasteiger partial charge in [0, 0.05) is 5.56 Å². The normalized spacial score (nSPS) is 18.6. The van der Waals surface area contributed by atoms with Crippen molar-refractivity contribution in [1.29, 1.82) is 0 Å². The van der Waals surface area contributed by atoms with Gasteiger partial charge >= 0.3 is 0 Å². The Hall–Kier alpha value is -2.90. The second-order valence-electron chi connectivity index (χ2n) is 8.01. The molecular weight excluding hydrogens is 392 g/mol. The van der Waals surface area contributed by atoms with Crippen LogP contribution < -0.4 is 19.3 Å². The number of methoxy groups -OCH3 is 1. The van der Waals surface area contributed by atoms with Gasteiger partial charge in [0.15, 0.2) is 6.54 Å². The topological polar surface area (TPSA) is 66.3 Å². The van der Waals surface area contributed by atoms with E-state index < -0.39 is 0 Å². The van der Waals surface area contributed by atoms with E-state index in [0.29, 0.717) is 5.82 Å². The van der Waals surface area contributed by atoms with Crippen molar-refractivity contribution in [3.8, 4) is 22.9 Å². The number of aryl methyl sites for hydroxylation is 1. The summed E-state index contributed by atoms with van der Waals surface area (Å²) in [5.41, 5.74) is 2.32. The third-order valence-corrected chi connectivity index (χ3v) is 5.94. The van der Waals surface area contributed by atoms with E-state index in [9.17, 15) is 0 Å². The predicted octanol–water partition coefficient (Wildman–Crippen LogP) is 0.670. The molecule has 0 amide bonds. The Bertz CT molecular complexity index is 932. The number of rotatable bonds is 9. The van der Waals surface area contributed by atoms with E-state index in [2.05, 4.69) is 41.3 Å². The third kappa shape index (κ3) is 5.83. The minimum atomic E-state index is 0.678. The molecule has 0 spiro atoms. The van der Waals surface area contributed by atoms with Crippen LogP contribution in [-0.2, 0) is 13.0 Å². The van der Waals surface area contributed by atoms with E-state index in [-0.39, 0.29) is 0 Å². The van der Waals surface area contributed by atoms with Crippen molar-refractivity contribution in [2.24, 2.45) is 0 Å². The Morgan fingerprint density at radius 3 is 2.26 bits per heavy atom. The van der Waals surface area contributed by atoms with Gasteiger partial charge < -0.3 is 23.8 Å². The summed E-state index contributed by atoms with van der Waals surface area (Å²) in [4.78, 5) is 7.69. The number of nitrogens with zero attached hydrogens (tertiary/aromatic N) is 2. The summed E-state index contributed by atoms with van der Waals surface area (Å²) in [6.07, 6.45) is 1.03. The van der Waals surface area contributed by atoms with Gasteiger partial charge in [-0.05, 0) is 36.2 Å². The molecule has 2 heterocycles. The molecule has 1 aliphatic rings. The number of hydrogen-bond donors (Lipinski definition) is 2.